The van der Waals surface area contributed by atoms with Gasteiger partial charge in [0.25, 0.3) is 0 Å². The van der Waals surface area contributed by atoms with Crippen molar-refractivity contribution in [1.29, 1.82) is 0 Å². The number of ketones is 1. The summed E-state index contributed by atoms with van der Waals surface area (Å²) in [5, 5.41) is 3.85. The molecular formula is C24H26N2O6. The minimum Gasteiger partial charge on any atom is -0.486 e. The average molecular weight is 438 g/mol. The Balaban J connectivity index is 1.43. The molecule has 0 amide bonds. The van der Waals surface area contributed by atoms with E-state index in [-0.39, 0.29) is 18.5 Å². The van der Waals surface area contributed by atoms with E-state index in [9.17, 15) is 9.59 Å². The van der Waals surface area contributed by atoms with Crippen molar-refractivity contribution in [1.82, 2.24) is 9.72 Å². The predicted octanol–water partition coefficient (Wildman–Crippen LogP) is 3.84. The number of ether oxygens (including phenoxy) is 3. The summed E-state index contributed by atoms with van der Waals surface area (Å²) in [7, 11) is 0. The van der Waals surface area contributed by atoms with Crippen LogP contribution in [0.25, 0.3) is 0 Å². The molecule has 1 aromatic carbocycles. The van der Waals surface area contributed by atoms with Crippen molar-refractivity contribution >= 4 is 11.8 Å². The maximum atomic E-state index is 12.8. The lowest BCUT2D eigenvalue weighted by atomic mass is 10.1. The van der Waals surface area contributed by atoms with E-state index in [0.717, 1.165) is 17.1 Å². The van der Waals surface area contributed by atoms with E-state index < -0.39 is 5.97 Å². The van der Waals surface area contributed by atoms with Crippen LogP contribution in [0, 0.1) is 20.8 Å². The third kappa shape index (κ3) is 4.12. The lowest BCUT2D eigenvalue weighted by Crippen LogP contribution is -2.33. The number of carbonyl (C=O) groups is 2. The molecule has 0 bridgehead atoms. The van der Waals surface area contributed by atoms with Crippen LogP contribution in [0.5, 0.6) is 11.5 Å². The van der Waals surface area contributed by atoms with Gasteiger partial charge in [-0.25, -0.2) is 4.79 Å². The zero-order valence-electron chi connectivity index (χ0n) is 18.6. The molecule has 1 atom stereocenters. The third-order valence-corrected chi connectivity index (χ3v) is 5.63. The van der Waals surface area contributed by atoms with Gasteiger partial charge in [0.2, 0.25) is 5.78 Å². The Bertz CT molecular complexity index is 1160. The molecule has 32 heavy (non-hydrogen) atoms. The van der Waals surface area contributed by atoms with Crippen LogP contribution in [0.1, 0.15) is 50.5 Å². The Morgan fingerprint density at radius 2 is 1.94 bits per heavy atom. The summed E-state index contributed by atoms with van der Waals surface area (Å²) in [5.41, 5.74) is 3.05. The van der Waals surface area contributed by atoms with Crippen LogP contribution in [0.2, 0.25) is 0 Å². The van der Waals surface area contributed by atoms with Gasteiger partial charge in [0.15, 0.2) is 24.2 Å². The second-order valence-electron chi connectivity index (χ2n) is 7.81. The molecule has 168 valence electrons. The molecule has 8 heteroatoms. The van der Waals surface area contributed by atoms with Crippen LogP contribution < -0.4 is 9.47 Å². The topological polar surface area (TPSA) is 92.8 Å². The number of nitrogens with zero attached hydrogens (tertiary/aromatic N) is 2. The van der Waals surface area contributed by atoms with Crippen LogP contribution in [-0.4, -0.2) is 40.8 Å². The van der Waals surface area contributed by atoms with Crippen LogP contribution in [-0.2, 0) is 17.7 Å². The number of benzene rings is 1. The molecule has 0 fully saturated rings. The standard InChI is InChI=1S/C24H26N2O6/c1-5-19-23(16(4)32-25-19)24(28)30-13-20(27)18-10-14(2)26(15(18)3)11-17-12-29-21-8-6-7-9-22(21)31-17/h6-10,17H,5,11-13H2,1-4H3. The minimum atomic E-state index is -0.603. The number of aromatic nitrogens is 2. The van der Waals surface area contributed by atoms with Crippen molar-refractivity contribution < 1.29 is 28.3 Å². The Morgan fingerprint density at radius 1 is 1.19 bits per heavy atom. The second kappa shape index (κ2) is 8.90. The Morgan fingerprint density at radius 3 is 2.69 bits per heavy atom. The van der Waals surface area contributed by atoms with Gasteiger partial charge in [-0.1, -0.05) is 24.2 Å². The number of hydrogen-bond acceptors (Lipinski definition) is 7. The number of Topliss-reactive ketones (excluding diaryl/α,β-unsaturated/α-hetero) is 1. The Kier molecular flexibility index (Phi) is 6.03. The lowest BCUT2D eigenvalue weighted by molar-refractivity contribution is 0.0471. The number of esters is 1. The summed E-state index contributed by atoms with van der Waals surface area (Å²) in [6, 6.07) is 9.37. The van der Waals surface area contributed by atoms with E-state index >= 15 is 0 Å². The molecule has 1 unspecified atom stereocenters. The van der Waals surface area contributed by atoms with E-state index in [4.69, 9.17) is 18.7 Å². The fourth-order valence-electron chi connectivity index (χ4n) is 3.92. The largest absolute Gasteiger partial charge is 0.486 e. The number of carbonyl (C=O) groups excluding carboxylic acids is 2. The van der Waals surface area contributed by atoms with E-state index in [1.807, 2.05) is 55.7 Å². The van der Waals surface area contributed by atoms with Crippen LogP contribution in [0.15, 0.2) is 34.9 Å². The molecule has 0 saturated carbocycles. The van der Waals surface area contributed by atoms with Gasteiger partial charge >= 0.3 is 5.97 Å². The van der Waals surface area contributed by atoms with E-state index in [1.54, 1.807) is 6.92 Å². The van der Waals surface area contributed by atoms with Gasteiger partial charge in [-0.2, -0.15) is 0 Å². The highest BCUT2D eigenvalue weighted by Crippen LogP contribution is 2.31. The molecule has 2 aromatic heterocycles. The summed E-state index contributed by atoms with van der Waals surface area (Å²) in [6.07, 6.45) is 0.355. The van der Waals surface area contributed by atoms with E-state index in [0.29, 0.717) is 47.9 Å². The van der Waals surface area contributed by atoms with Gasteiger partial charge < -0.3 is 23.3 Å². The zero-order chi connectivity index (χ0) is 22.8. The van der Waals surface area contributed by atoms with Gasteiger partial charge in [0.05, 0.1) is 12.2 Å². The zero-order valence-corrected chi connectivity index (χ0v) is 18.6. The van der Waals surface area contributed by atoms with Crippen LogP contribution in [0.3, 0.4) is 0 Å². The van der Waals surface area contributed by atoms with Crippen molar-refractivity contribution in [2.24, 2.45) is 0 Å². The predicted molar refractivity (Wildman–Crippen MR) is 115 cm³/mol. The van der Waals surface area contributed by atoms with Gasteiger partial charge in [0.1, 0.15) is 17.9 Å². The first-order chi connectivity index (χ1) is 15.4. The van der Waals surface area contributed by atoms with Crippen molar-refractivity contribution in [3.05, 3.63) is 64.3 Å². The number of aryl methyl sites for hydroxylation is 3. The van der Waals surface area contributed by atoms with Crippen molar-refractivity contribution in [3.8, 4) is 11.5 Å². The average Bonchev–Trinajstić information content (AvgIpc) is 3.31. The molecule has 0 radical (unpaired) electrons. The molecule has 0 aliphatic carbocycles. The summed E-state index contributed by atoms with van der Waals surface area (Å²) in [4.78, 5) is 25.3. The highest BCUT2D eigenvalue weighted by Gasteiger charge is 2.25. The fraction of sp³-hybridized carbons (Fsp3) is 0.375. The molecule has 0 saturated heterocycles. The van der Waals surface area contributed by atoms with Gasteiger partial charge in [-0.3, -0.25) is 4.79 Å². The van der Waals surface area contributed by atoms with Gasteiger partial charge in [-0.15, -0.1) is 0 Å². The molecule has 1 aliphatic rings. The molecular weight excluding hydrogens is 412 g/mol. The smallest absolute Gasteiger partial charge is 0.344 e. The summed E-state index contributed by atoms with van der Waals surface area (Å²) in [6.45, 7) is 7.93. The first kappa shape index (κ1) is 21.7. The van der Waals surface area contributed by atoms with Crippen molar-refractivity contribution in [2.75, 3.05) is 13.2 Å². The summed E-state index contributed by atoms with van der Waals surface area (Å²) in [5.74, 6) is 0.959. The van der Waals surface area contributed by atoms with E-state index in [1.165, 1.54) is 0 Å². The van der Waals surface area contributed by atoms with Gasteiger partial charge in [0, 0.05) is 17.0 Å². The maximum absolute atomic E-state index is 12.8. The van der Waals surface area contributed by atoms with Crippen molar-refractivity contribution in [2.45, 2.75) is 46.8 Å². The normalized spacial score (nSPS) is 14.9. The third-order valence-electron chi connectivity index (χ3n) is 5.63. The van der Waals surface area contributed by atoms with Gasteiger partial charge in [-0.05, 0) is 45.4 Å². The Hall–Kier alpha value is -3.55. The first-order valence-electron chi connectivity index (χ1n) is 10.6. The molecule has 3 aromatic rings. The van der Waals surface area contributed by atoms with Crippen LogP contribution >= 0.6 is 0 Å². The first-order valence-corrected chi connectivity index (χ1v) is 10.6. The minimum absolute atomic E-state index is 0.181. The number of hydrogen-bond donors (Lipinski definition) is 0. The molecule has 0 spiro atoms. The van der Waals surface area contributed by atoms with Crippen LogP contribution in [0.4, 0.5) is 0 Å². The molecule has 4 rings (SSSR count). The highest BCUT2D eigenvalue weighted by molar-refractivity contribution is 6.00. The quantitative estimate of drug-likeness (QED) is 0.409. The fourth-order valence-corrected chi connectivity index (χ4v) is 3.92. The number of rotatable bonds is 7. The molecule has 8 nitrogen and oxygen atoms in total. The number of para-hydroxylation sites is 2. The summed E-state index contributed by atoms with van der Waals surface area (Å²) < 4.78 is 24.2. The Labute approximate surface area is 186 Å². The van der Waals surface area contributed by atoms with Crippen molar-refractivity contribution in [3.63, 3.8) is 0 Å². The molecule has 1 aliphatic heterocycles. The monoisotopic (exact) mass is 438 g/mol. The molecule has 3 heterocycles. The SMILES string of the molecule is CCc1noc(C)c1C(=O)OCC(=O)c1cc(C)n(CC2COc3ccccc3O2)c1C. The highest BCUT2D eigenvalue weighted by atomic mass is 16.6. The maximum Gasteiger partial charge on any atom is 0.344 e. The summed E-state index contributed by atoms with van der Waals surface area (Å²) >= 11 is 0. The van der Waals surface area contributed by atoms with E-state index in [2.05, 4.69) is 5.16 Å². The lowest BCUT2D eigenvalue weighted by Gasteiger charge is -2.27. The molecule has 0 N–H and O–H groups in total. The number of fused-ring (bicyclic) bond motifs is 1. The second-order valence-corrected chi connectivity index (χ2v) is 7.81.